The lowest BCUT2D eigenvalue weighted by molar-refractivity contribution is 0.816. The molecule has 1 aliphatic rings. The monoisotopic (exact) mass is 210 g/mol. The number of aliphatic imine (C=N–C) groups is 1. The quantitative estimate of drug-likeness (QED) is 0.700. The van der Waals surface area contributed by atoms with Crippen molar-refractivity contribution in [2.45, 2.75) is 19.9 Å². The fourth-order valence-electron chi connectivity index (χ4n) is 2.22. The molecule has 0 spiro atoms. The average Bonchev–Trinajstić information content (AvgIpc) is 2.30. The van der Waals surface area contributed by atoms with Gasteiger partial charge in [-0.2, -0.15) is 0 Å². The second kappa shape index (κ2) is 3.34. The van der Waals surface area contributed by atoms with Crippen LogP contribution in [0, 0.1) is 0 Å². The predicted octanol–water partition coefficient (Wildman–Crippen LogP) is 3.73. The van der Waals surface area contributed by atoms with Crippen molar-refractivity contribution >= 4 is 28.5 Å². The maximum atomic E-state index is 4.51. The van der Waals surface area contributed by atoms with Gasteiger partial charge in [0.2, 0.25) is 0 Å². The molecule has 0 atom stereocenters. The minimum Gasteiger partial charge on any atom is -0.329 e. The maximum absolute atomic E-state index is 4.51. The first-order valence-corrected chi connectivity index (χ1v) is 5.61. The fraction of sp³-hybridized carbons (Fsp3) is 0.214. The summed E-state index contributed by atoms with van der Waals surface area (Å²) in [6, 6.07) is 13.1. The van der Waals surface area contributed by atoms with Crippen molar-refractivity contribution in [3.8, 4) is 0 Å². The van der Waals surface area contributed by atoms with Gasteiger partial charge >= 0.3 is 0 Å². The van der Waals surface area contributed by atoms with Crippen LogP contribution in [0.4, 0.5) is 11.4 Å². The largest absolute Gasteiger partial charge is 0.329 e. The zero-order chi connectivity index (χ0) is 11.1. The molecule has 0 saturated heterocycles. The molecule has 1 aliphatic heterocycles. The van der Waals surface area contributed by atoms with Gasteiger partial charge in [0.15, 0.2) is 0 Å². The summed E-state index contributed by atoms with van der Waals surface area (Å²) in [5, 5.41) is 2.53. The van der Waals surface area contributed by atoms with Gasteiger partial charge in [-0.15, -0.1) is 0 Å². The van der Waals surface area contributed by atoms with Crippen LogP contribution >= 0.6 is 0 Å². The first-order chi connectivity index (χ1) is 7.77. The average molecular weight is 210 g/mol. The predicted molar refractivity (Wildman–Crippen MR) is 69.7 cm³/mol. The Bertz CT molecular complexity index is 565. The molecule has 0 aromatic heterocycles. The molecule has 0 radical (unpaired) electrons. The molecule has 0 fully saturated rings. The number of anilines is 1. The topological polar surface area (TPSA) is 15.6 Å². The number of hydrogen-bond acceptors (Lipinski definition) is 2. The highest BCUT2D eigenvalue weighted by Gasteiger charge is 2.17. The molecule has 0 N–H and O–H groups in total. The number of hydrogen-bond donors (Lipinski definition) is 0. The van der Waals surface area contributed by atoms with Gasteiger partial charge in [-0.05, 0) is 31.4 Å². The summed E-state index contributed by atoms with van der Waals surface area (Å²) in [4.78, 5) is 6.73. The molecular weight excluding hydrogens is 196 g/mol. The highest BCUT2D eigenvalue weighted by molar-refractivity contribution is 6.09. The lowest BCUT2D eigenvalue weighted by atomic mass is 10.0. The van der Waals surface area contributed by atoms with Crippen LogP contribution in [0.3, 0.4) is 0 Å². The molecule has 0 bridgehead atoms. The van der Waals surface area contributed by atoms with Crippen molar-refractivity contribution in [3.63, 3.8) is 0 Å². The molecule has 16 heavy (non-hydrogen) atoms. The lowest BCUT2D eigenvalue weighted by Crippen LogP contribution is -2.30. The van der Waals surface area contributed by atoms with Crippen LogP contribution in [-0.4, -0.2) is 12.4 Å². The van der Waals surface area contributed by atoms with Gasteiger partial charge in [-0.1, -0.05) is 24.3 Å². The van der Waals surface area contributed by atoms with Crippen molar-refractivity contribution in [1.82, 2.24) is 0 Å². The van der Waals surface area contributed by atoms with Crippen LogP contribution in [-0.2, 0) is 0 Å². The normalized spacial score (nSPS) is 13.8. The van der Waals surface area contributed by atoms with E-state index in [1.165, 1.54) is 16.5 Å². The van der Waals surface area contributed by atoms with Gasteiger partial charge in [0.1, 0.15) is 0 Å². The highest BCUT2D eigenvalue weighted by atomic mass is 15.2. The molecule has 2 nitrogen and oxygen atoms in total. The van der Waals surface area contributed by atoms with Crippen LogP contribution in [0.1, 0.15) is 13.8 Å². The molecule has 0 amide bonds. The summed E-state index contributed by atoms with van der Waals surface area (Å²) in [5.74, 6) is 0. The molecule has 3 rings (SSSR count). The van der Waals surface area contributed by atoms with Gasteiger partial charge in [-0.25, -0.2) is 4.99 Å². The molecule has 0 saturated carbocycles. The van der Waals surface area contributed by atoms with E-state index >= 15 is 0 Å². The van der Waals surface area contributed by atoms with E-state index in [2.05, 4.69) is 60.1 Å². The highest BCUT2D eigenvalue weighted by Crippen LogP contribution is 2.37. The van der Waals surface area contributed by atoms with E-state index in [1.54, 1.807) is 0 Å². The minimum absolute atomic E-state index is 0.433. The molecule has 2 aromatic rings. The van der Waals surface area contributed by atoms with Gasteiger partial charge in [0.25, 0.3) is 0 Å². The van der Waals surface area contributed by atoms with Crippen molar-refractivity contribution in [1.29, 1.82) is 0 Å². The third-order valence-corrected chi connectivity index (χ3v) is 3.02. The Kier molecular flexibility index (Phi) is 1.96. The van der Waals surface area contributed by atoms with Crippen molar-refractivity contribution in [2.75, 3.05) is 4.90 Å². The zero-order valence-corrected chi connectivity index (χ0v) is 9.51. The lowest BCUT2D eigenvalue weighted by Gasteiger charge is -2.28. The zero-order valence-electron chi connectivity index (χ0n) is 9.51. The van der Waals surface area contributed by atoms with E-state index in [4.69, 9.17) is 0 Å². The Morgan fingerprint density at radius 3 is 2.56 bits per heavy atom. The first-order valence-electron chi connectivity index (χ1n) is 5.61. The Morgan fingerprint density at radius 2 is 1.81 bits per heavy atom. The smallest absolute Gasteiger partial charge is 0.0959 e. The molecule has 2 heteroatoms. The Hall–Kier alpha value is -1.83. The SMILES string of the molecule is CC(C)N1C=Nc2cccc3cccc1c23. The third-order valence-electron chi connectivity index (χ3n) is 3.02. The van der Waals surface area contributed by atoms with E-state index in [0.717, 1.165) is 5.69 Å². The Labute approximate surface area is 95.2 Å². The standard InChI is InChI=1S/C14H14N2/c1-10(2)16-9-15-12-7-3-5-11-6-4-8-13(16)14(11)12/h3-10H,1-2H3. The van der Waals surface area contributed by atoms with E-state index in [9.17, 15) is 0 Å². The van der Waals surface area contributed by atoms with Crippen molar-refractivity contribution in [2.24, 2.45) is 4.99 Å². The van der Waals surface area contributed by atoms with E-state index in [-0.39, 0.29) is 0 Å². The van der Waals surface area contributed by atoms with Crippen LogP contribution < -0.4 is 4.90 Å². The summed E-state index contributed by atoms with van der Waals surface area (Å²) in [5.41, 5.74) is 2.34. The Morgan fingerprint density at radius 1 is 1.06 bits per heavy atom. The summed E-state index contributed by atoms with van der Waals surface area (Å²) in [6.45, 7) is 4.36. The summed E-state index contributed by atoms with van der Waals surface area (Å²) >= 11 is 0. The molecule has 0 aliphatic carbocycles. The van der Waals surface area contributed by atoms with E-state index in [0.29, 0.717) is 6.04 Å². The van der Waals surface area contributed by atoms with E-state index < -0.39 is 0 Å². The number of benzene rings is 2. The molecule has 2 aromatic carbocycles. The van der Waals surface area contributed by atoms with Crippen LogP contribution in [0.25, 0.3) is 10.8 Å². The Balaban J connectivity index is 2.36. The fourth-order valence-corrected chi connectivity index (χ4v) is 2.22. The van der Waals surface area contributed by atoms with Gasteiger partial charge < -0.3 is 4.90 Å². The summed E-state index contributed by atoms with van der Waals surface area (Å²) in [7, 11) is 0. The number of nitrogens with zero attached hydrogens (tertiary/aromatic N) is 2. The van der Waals surface area contributed by atoms with Gasteiger partial charge in [0, 0.05) is 11.4 Å². The van der Waals surface area contributed by atoms with Crippen LogP contribution in [0.2, 0.25) is 0 Å². The van der Waals surface area contributed by atoms with Crippen molar-refractivity contribution < 1.29 is 0 Å². The van der Waals surface area contributed by atoms with Crippen LogP contribution in [0.15, 0.2) is 41.4 Å². The first kappa shape index (κ1) is 9.40. The van der Waals surface area contributed by atoms with Crippen LogP contribution in [0.5, 0.6) is 0 Å². The van der Waals surface area contributed by atoms with Gasteiger partial charge in [0.05, 0.1) is 17.7 Å². The van der Waals surface area contributed by atoms with Gasteiger partial charge in [-0.3, -0.25) is 0 Å². The van der Waals surface area contributed by atoms with Crippen molar-refractivity contribution in [3.05, 3.63) is 36.4 Å². The maximum Gasteiger partial charge on any atom is 0.0959 e. The molecular formula is C14H14N2. The molecule has 1 heterocycles. The summed E-state index contributed by atoms with van der Waals surface area (Å²) in [6.07, 6.45) is 1.93. The molecule has 0 unspecified atom stereocenters. The van der Waals surface area contributed by atoms with E-state index in [1.807, 2.05) is 6.34 Å². The summed E-state index contributed by atoms with van der Waals surface area (Å²) < 4.78 is 0. The minimum atomic E-state index is 0.433. The number of rotatable bonds is 1. The second-order valence-electron chi connectivity index (χ2n) is 4.40. The second-order valence-corrected chi connectivity index (χ2v) is 4.40. The molecule has 80 valence electrons. The third kappa shape index (κ3) is 1.23.